The standard InChI is InChI=1S/C35H41N5O6/c1-8-18(2)32(35(43)39-22-10-13-26-28(16-22)37-19(3)36-26)40-27-14-11-23-24(17-29(27)42)25(38-20(4)41)12-9-21-15-30(44-5)33(45-6)34(46-7)31(21)23/h10-11,13-18,25,32H,8-9,12H2,1-7H3,(H,36,37)(H,38,41)(H,39,43)(H,40,42)/t18-,25-,32-/m0/s1. The van der Waals surface area contributed by atoms with Crippen LogP contribution < -0.4 is 35.6 Å². The Morgan fingerprint density at radius 3 is 2.48 bits per heavy atom. The molecule has 1 heterocycles. The minimum atomic E-state index is -0.712. The zero-order valence-corrected chi connectivity index (χ0v) is 27.3. The maximum atomic E-state index is 13.9. The number of nitrogens with one attached hydrogen (secondary N) is 4. The number of aromatic nitrogens is 2. The van der Waals surface area contributed by atoms with Crippen LogP contribution in [0.5, 0.6) is 17.2 Å². The number of fused-ring (bicyclic) bond motifs is 4. The lowest BCUT2D eigenvalue weighted by Crippen LogP contribution is -2.40. The number of carbonyl (C=O) groups is 2. The van der Waals surface area contributed by atoms with E-state index in [0.717, 1.165) is 28.0 Å². The number of aryl methyl sites for hydroxylation is 2. The molecule has 0 bridgehead atoms. The third-order valence-corrected chi connectivity index (χ3v) is 8.59. The predicted molar refractivity (Wildman–Crippen MR) is 179 cm³/mol. The number of nitrogens with zero attached hydrogens (tertiary/aromatic N) is 1. The van der Waals surface area contributed by atoms with E-state index in [0.29, 0.717) is 53.3 Å². The molecule has 1 aliphatic rings. The van der Waals surface area contributed by atoms with Gasteiger partial charge in [0.15, 0.2) is 11.5 Å². The van der Waals surface area contributed by atoms with E-state index in [1.54, 1.807) is 33.5 Å². The summed E-state index contributed by atoms with van der Waals surface area (Å²) in [7, 11) is 4.67. The molecule has 4 N–H and O–H groups in total. The number of H-pyrrole nitrogens is 1. The Hall–Kier alpha value is -5.06. The summed E-state index contributed by atoms with van der Waals surface area (Å²) in [5.41, 5.74) is 5.24. The molecule has 0 spiro atoms. The fraction of sp³-hybridized carbons (Fsp3) is 0.371. The van der Waals surface area contributed by atoms with Gasteiger partial charge < -0.3 is 35.1 Å². The highest BCUT2D eigenvalue weighted by atomic mass is 16.5. The molecule has 3 atom stereocenters. The first-order chi connectivity index (χ1) is 22.1. The van der Waals surface area contributed by atoms with Crippen LogP contribution in [0.2, 0.25) is 0 Å². The van der Waals surface area contributed by atoms with Gasteiger partial charge >= 0.3 is 0 Å². The lowest BCUT2D eigenvalue weighted by molar-refractivity contribution is -0.120. The Labute approximate surface area is 268 Å². The molecule has 0 aliphatic heterocycles. The van der Waals surface area contributed by atoms with E-state index in [1.165, 1.54) is 6.92 Å². The first-order valence-electron chi connectivity index (χ1n) is 15.4. The van der Waals surface area contributed by atoms with Crippen molar-refractivity contribution >= 4 is 34.2 Å². The van der Waals surface area contributed by atoms with E-state index in [2.05, 4.69) is 25.9 Å². The maximum absolute atomic E-state index is 13.9. The number of imidazole rings is 1. The van der Waals surface area contributed by atoms with Crippen LogP contribution in [0, 0.1) is 12.8 Å². The van der Waals surface area contributed by atoms with Gasteiger partial charge in [-0.05, 0) is 78.8 Å². The molecule has 5 rings (SSSR count). The summed E-state index contributed by atoms with van der Waals surface area (Å²) in [5, 5.41) is 9.29. The molecule has 1 aromatic heterocycles. The Bertz CT molecular complexity index is 1850. The number of anilines is 2. The molecule has 11 nitrogen and oxygen atoms in total. The Morgan fingerprint density at radius 2 is 1.80 bits per heavy atom. The number of hydrogen-bond donors (Lipinski definition) is 4. The third kappa shape index (κ3) is 6.35. The van der Waals surface area contributed by atoms with Crippen molar-refractivity contribution in [2.45, 2.75) is 59.0 Å². The van der Waals surface area contributed by atoms with Crippen molar-refractivity contribution in [3.05, 3.63) is 69.6 Å². The van der Waals surface area contributed by atoms with E-state index >= 15 is 0 Å². The van der Waals surface area contributed by atoms with Crippen molar-refractivity contribution in [3.8, 4) is 28.4 Å². The van der Waals surface area contributed by atoms with Crippen LogP contribution in [-0.4, -0.2) is 49.2 Å². The fourth-order valence-electron chi connectivity index (χ4n) is 6.13. The van der Waals surface area contributed by atoms with Gasteiger partial charge in [0.05, 0.1) is 44.1 Å². The van der Waals surface area contributed by atoms with Crippen LogP contribution >= 0.6 is 0 Å². The van der Waals surface area contributed by atoms with Crippen LogP contribution in [0.1, 0.15) is 56.6 Å². The molecule has 46 heavy (non-hydrogen) atoms. The van der Waals surface area contributed by atoms with Crippen LogP contribution in [0.3, 0.4) is 0 Å². The van der Waals surface area contributed by atoms with Gasteiger partial charge in [0.2, 0.25) is 23.0 Å². The van der Waals surface area contributed by atoms with Crippen molar-refractivity contribution in [2.24, 2.45) is 5.92 Å². The van der Waals surface area contributed by atoms with Crippen LogP contribution in [0.4, 0.5) is 11.4 Å². The van der Waals surface area contributed by atoms with Gasteiger partial charge in [0.1, 0.15) is 11.9 Å². The average molecular weight is 628 g/mol. The monoisotopic (exact) mass is 627 g/mol. The SMILES string of the molecule is CC[C@H](C)[C@H](Nc1ccc2c(cc1=O)[C@@H](NC(C)=O)CCc1cc(OC)c(OC)c(OC)c1-2)C(=O)Nc1ccc2nc(C)[nH]c2c1. The van der Waals surface area contributed by atoms with Gasteiger partial charge in [-0.3, -0.25) is 14.4 Å². The van der Waals surface area contributed by atoms with Crippen molar-refractivity contribution < 1.29 is 23.8 Å². The Balaban J connectivity index is 1.59. The summed E-state index contributed by atoms with van der Waals surface area (Å²) < 4.78 is 17.2. The van der Waals surface area contributed by atoms with Gasteiger partial charge in [0, 0.05) is 18.2 Å². The molecule has 0 fully saturated rings. The molecule has 1 aliphatic carbocycles. The molecule has 0 unspecified atom stereocenters. The number of carbonyl (C=O) groups excluding carboxylic acids is 2. The highest BCUT2D eigenvalue weighted by Crippen LogP contribution is 2.50. The fourth-order valence-corrected chi connectivity index (χ4v) is 6.13. The maximum Gasteiger partial charge on any atom is 0.247 e. The highest BCUT2D eigenvalue weighted by molar-refractivity contribution is 5.98. The molecule has 0 saturated carbocycles. The summed E-state index contributed by atoms with van der Waals surface area (Å²) in [6.07, 6.45) is 1.84. The first kappa shape index (κ1) is 32.3. The largest absolute Gasteiger partial charge is 0.493 e. The minimum Gasteiger partial charge on any atom is -0.493 e. The summed E-state index contributed by atoms with van der Waals surface area (Å²) in [6.45, 7) is 7.30. The van der Waals surface area contributed by atoms with Crippen LogP contribution in [0.25, 0.3) is 22.2 Å². The zero-order valence-electron chi connectivity index (χ0n) is 27.3. The van der Waals surface area contributed by atoms with Gasteiger partial charge in [-0.2, -0.15) is 0 Å². The quantitative estimate of drug-likeness (QED) is 0.180. The van der Waals surface area contributed by atoms with E-state index in [4.69, 9.17) is 14.2 Å². The summed E-state index contributed by atoms with van der Waals surface area (Å²) >= 11 is 0. The smallest absolute Gasteiger partial charge is 0.247 e. The first-order valence-corrected chi connectivity index (χ1v) is 15.4. The third-order valence-electron chi connectivity index (χ3n) is 8.59. The normalized spacial score (nSPS) is 15.1. The molecular weight excluding hydrogens is 586 g/mol. The molecule has 11 heteroatoms. The zero-order chi connectivity index (χ0) is 33.1. The number of methoxy groups -OCH3 is 3. The number of rotatable bonds is 10. The van der Waals surface area contributed by atoms with E-state index in [1.807, 2.05) is 51.1 Å². The summed E-state index contributed by atoms with van der Waals surface area (Å²) in [5.74, 6) is 1.62. The van der Waals surface area contributed by atoms with Crippen LogP contribution in [-0.2, 0) is 16.0 Å². The lowest BCUT2D eigenvalue weighted by atomic mass is 9.95. The second-order valence-electron chi connectivity index (χ2n) is 11.6. The predicted octanol–water partition coefficient (Wildman–Crippen LogP) is 5.51. The van der Waals surface area contributed by atoms with Crippen molar-refractivity contribution in [2.75, 3.05) is 32.0 Å². The molecule has 4 aromatic rings. The topological polar surface area (TPSA) is 144 Å². The molecule has 242 valence electrons. The molecule has 3 aromatic carbocycles. The average Bonchev–Trinajstić information content (AvgIpc) is 3.25. The Kier molecular flexibility index (Phi) is 9.50. The van der Waals surface area contributed by atoms with E-state index in [9.17, 15) is 14.4 Å². The summed E-state index contributed by atoms with van der Waals surface area (Å²) in [4.78, 5) is 47.5. The molecule has 0 radical (unpaired) electrons. The number of hydrogen-bond acceptors (Lipinski definition) is 8. The van der Waals surface area contributed by atoms with Gasteiger partial charge in [0.25, 0.3) is 0 Å². The second kappa shape index (κ2) is 13.5. The number of ether oxygens (including phenoxy) is 3. The van der Waals surface area contributed by atoms with Crippen LogP contribution in [0.15, 0.2) is 47.3 Å². The number of aromatic amines is 1. The van der Waals surface area contributed by atoms with Crippen molar-refractivity contribution in [3.63, 3.8) is 0 Å². The number of amides is 2. The lowest BCUT2D eigenvalue weighted by Gasteiger charge is -2.24. The number of benzene rings is 2. The molecule has 0 saturated heterocycles. The van der Waals surface area contributed by atoms with Gasteiger partial charge in [-0.1, -0.05) is 26.3 Å². The molecule has 2 amide bonds. The van der Waals surface area contributed by atoms with Crippen molar-refractivity contribution in [1.29, 1.82) is 0 Å². The van der Waals surface area contributed by atoms with E-state index in [-0.39, 0.29) is 28.8 Å². The highest BCUT2D eigenvalue weighted by Gasteiger charge is 2.30. The Morgan fingerprint density at radius 1 is 1.04 bits per heavy atom. The summed E-state index contributed by atoms with van der Waals surface area (Å²) in [6, 6.07) is 11.3. The second-order valence-corrected chi connectivity index (χ2v) is 11.6. The van der Waals surface area contributed by atoms with Gasteiger partial charge in [-0.25, -0.2) is 4.98 Å². The van der Waals surface area contributed by atoms with E-state index < -0.39 is 12.1 Å². The minimum absolute atomic E-state index is 0.106. The van der Waals surface area contributed by atoms with Gasteiger partial charge in [-0.15, -0.1) is 0 Å². The van der Waals surface area contributed by atoms with Crippen molar-refractivity contribution in [1.82, 2.24) is 15.3 Å². The molecular formula is C35H41N5O6.